The third kappa shape index (κ3) is 3.84. The van der Waals surface area contributed by atoms with E-state index in [0.29, 0.717) is 6.42 Å². The number of carbonyl (C=O) groups is 2. The van der Waals surface area contributed by atoms with E-state index in [0.717, 1.165) is 12.0 Å². The Morgan fingerprint density at radius 1 is 1.32 bits per heavy atom. The first kappa shape index (κ1) is 16.5. The summed E-state index contributed by atoms with van der Waals surface area (Å²) < 4.78 is 0. The van der Waals surface area contributed by atoms with Crippen LogP contribution in [0, 0.1) is 0 Å². The lowest BCUT2D eigenvalue weighted by molar-refractivity contribution is -0.147. The molecule has 120 valence electrons. The van der Waals surface area contributed by atoms with E-state index in [9.17, 15) is 14.7 Å². The predicted octanol–water partition coefficient (Wildman–Crippen LogP) is 0.834. The molecule has 1 aromatic carbocycles. The fourth-order valence-electron chi connectivity index (χ4n) is 2.60. The number of nitrogens with one attached hydrogen (secondary N) is 3. The van der Waals surface area contributed by atoms with Crippen molar-refractivity contribution in [1.82, 2.24) is 16.2 Å². The van der Waals surface area contributed by atoms with Gasteiger partial charge in [-0.25, -0.2) is 10.2 Å². The lowest BCUT2D eigenvalue weighted by Crippen LogP contribution is -2.58. The number of hydrogen-bond acceptors (Lipinski definition) is 4. The van der Waals surface area contributed by atoms with Gasteiger partial charge in [0.25, 0.3) is 0 Å². The highest BCUT2D eigenvalue weighted by Crippen LogP contribution is 2.16. The summed E-state index contributed by atoms with van der Waals surface area (Å²) in [5, 5.41) is 12.2. The molecule has 2 rings (SSSR count). The molecule has 6 nitrogen and oxygen atoms in total. The van der Waals surface area contributed by atoms with Crippen LogP contribution in [0.1, 0.15) is 32.3 Å². The molecule has 4 N–H and O–H groups in total. The van der Waals surface area contributed by atoms with E-state index >= 15 is 0 Å². The van der Waals surface area contributed by atoms with Gasteiger partial charge in [0.05, 0.1) is 0 Å². The molecule has 1 saturated heterocycles. The van der Waals surface area contributed by atoms with E-state index in [1.807, 2.05) is 37.3 Å². The molecule has 1 amide bonds. The molecule has 0 radical (unpaired) electrons. The summed E-state index contributed by atoms with van der Waals surface area (Å²) in [6.07, 6.45) is 1.81. The molecule has 0 spiro atoms. The third-order valence-corrected chi connectivity index (χ3v) is 4.06. The highest BCUT2D eigenvalue weighted by Gasteiger charge is 2.38. The fraction of sp³-hybridized carbons (Fsp3) is 0.500. The largest absolute Gasteiger partial charge is 0.480 e. The van der Waals surface area contributed by atoms with Crippen LogP contribution in [-0.2, 0) is 16.0 Å². The lowest BCUT2D eigenvalue weighted by Gasteiger charge is -2.27. The maximum atomic E-state index is 12.3. The van der Waals surface area contributed by atoms with E-state index in [1.165, 1.54) is 0 Å². The summed E-state index contributed by atoms with van der Waals surface area (Å²) in [5.74, 6) is -1.33. The van der Waals surface area contributed by atoms with Crippen LogP contribution < -0.4 is 16.2 Å². The molecular weight excluding hydrogens is 282 g/mol. The molecule has 0 saturated carbocycles. The van der Waals surface area contributed by atoms with Crippen LogP contribution >= 0.6 is 0 Å². The molecule has 1 heterocycles. The Bertz CT molecular complexity index is 535. The fourth-order valence-corrected chi connectivity index (χ4v) is 2.60. The van der Waals surface area contributed by atoms with Crippen molar-refractivity contribution in [3.05, 3.63) is 35.9 Å². The molecule has 0 bridgehead atoms. The third-order valence-electron chi connectivity index (χ3n) is 4.06. The normalized spacial score (nSPS) is 23.7. The van der Waals surface area contributed by atoms with Gasteiger partial charge in [-0.15, -0.1) is 0 Å². The van der Waals surface area contributed by atoms with E-state index in [-0.39, 0.29) is 18.4 Å². The molecule has 1 aromatic rings. The summed E-state index contributed by atoms with van der Waals surface area (Å²) >= 11 is 0. The minimum absolute atomic E-state index is 0.237. The predicted molar refractivity (Wildman–Crippen MR) is 83.1 cm³/mol. The summed E-state index contributed by atoms with van der Waals surface area (Å²) in [6.45, 7) is 3.58. The van der Waals surface area contributed by atoms with Gasteiger partial charge in [0.2, 0.25) is 5.91 Å². The Balaban J connectivity index is 2.05. The monoisotopic (exact) mass is 305 g/mol. The van der Waals surface area contributed by atoms with Crippen LogP contribution in [0.4, 0.5) is 0 Å². The van der Waals surface area contributed by atoms with Crippen LogP contribution in [0.2, 0.25) is 0 Å². The van der Waals surface area contributed by atoms with Crippen LogP contribution in [0.25, 0.3) is 0 Å². The summed E-state index contributed by atoms with van der Waals surface area (Å²) in [6, 6.07) is 9.13. The van der Waals surface area contributed by atoms with E-state index in [2.05, 4.69) is 16.2 Å². The van der Waals surface area contributed by atoms with Gasteiger partial charge in [-0.3, -0.25) is 10.2 Å². The minimum Gasteiger partial charge on any atom is -0.480 e. The molecule has 0 aliphatic carbocycles. The van der Waals surface area contributed by atoms with Gasteiger partial charge in [-0.2, -0.15) is 0 Å². The van der Waals surface area contributed by atoms with Crippen LogP contribution in [0.3, 0.4) is 0 Å². The number of carboxylic acids is 1. The van der Waals surface area contributed by atoms with Gasteiger partial charge >= 0.3 is 5.97 Å². The molecule has 0 aromatic heterocycles. The van der Waals surface area contributed by atoms with Crippen LogP contribution in [-0.4, -0.2) is 34.6 Å². The number of benzene rings is 1. The number of hydrogen-bond donors (Lipinski definition) is 4. The Morgan fingerprint density at radius 2 is 2.00 bits per heavy atom. The van der Waals surface area contributed by atoms with E-state index in [1.54, 1.807) is 6.92 Å². The number of rotatable bonds is 6. The second-order valence-electron chi connectivity index (χ2n) is 5.97. The Labute approximate surface area is 130 Å². The maximum Gasteiger partial charge on any atom is 0.329 e. The molecule has 22 heavy (non-hydrogen) atoms. The number of carboxylic acid groups (broad SMARTS) is 1. The van der Waals surface area contributed by atoms with Gasteiger partial charge < -0.3 is 10.4 Å². The van der Waals surface area contributed by atoms with Gasteiger partial charge in [-0.1, -0.05) is 37.3 Å². The minimum atomic E-state index is -1.33. The van der Waals surface area contributed by atoms with Crippen LogP contribution in [0.15, 0.2) is 30.3 Å². The highest BCUT2D eigenvalue weighted by molar-refractivity contribution is 5.89. The zero-order valence-electron chi connectivity index (χ0n) is 12.9. The van der Waals surface area contributed by atoms with Crippen molar-refractivity contribution in [2.45, 2.75) is 50.7 Å². The number of hydrazine groups is 1. The molecular formula is C16H23N3O3. The molecule has 1 aliphatic rings. The van der Waals surface area contributed by atoms with Crippen molar-refractivity contribution in [3.63, 3.8) is 0 Å². The van der Waals surface area contributed by atoms with Crippen molar-refractivity contribution < 1.29 is 14.7 Å². The quantitative estimate of drug-likeness (QED) is 0.625. The van der Waals surface area contributed by atoms with Gasteiger partial charge in [0.1, 0.15) is 11.6 Å². The van der Waals surface area contributed by atoms with Crippen molar-refractivity contribution >= 4 is 11.9 Å². The second-order valence-corrected chi connectivity index (χ2v) is 5.97. The Kier molecular flexibility index (Phi) is 5.15. The summed E-state index contributed by atoms with van der Waals surface area (Å²) in [5.41, 5.74) is 5.51. The molecule has 3 unspecified atom stereocenters. The van der Waals surface area contributed by atoms with Crippen molar-refractivity contribution in [2.75, 3.05) is 0 Å². The number of aliphatic carboxylic acids is 1. The molecule has 1 fully saturated rings. The second kappa shape index (κ2) is 6.89. The average molecular weight is 305 g/mol. The first-order valence-electron chi connectivity index (χ1n) is 7.55. The van der Waals surface area contributed by atoms with Gasteiger partial charge in [0, 0.05) is 12.5 Å². The van der Waals surface area contributed by atoms with Gasteiger partial charge in [-0.05, 0) is 25.3 Å². The highest BCUT2D eigenvalue weighted by atomic mass is 16.4. The Hall–Kier alpha value is -1.92. The zero-order chi connectivity index (χ0) is 16.2. The standard InChI is InChI=1S/C16H23N3O3/c1-3-12-9-13(19-18-12)14(20)17-16(2,15(21)22)10-11-7-5-4-6-8-11/h4-8,12-13,18-19H,3,9-10H2,1-2H3,(H,17,20)(H,21,22). The summed E-state index contributed by atoms with van der Waals surface area (Å²) in [7, 11) is 0. The van der Waals surface area contributed by atoms with Crippen LogP contribution in [0.5, 0.6) is 0 Å². The van der Waals surface area contributed by atoms with Crippen molar-refractivity contribution in [1.29, 1.82) is 0 Å². The Morgan fingerprint density at radius 3 is 2.55 bits per heavy atom. The van der Waals surface area contributed by atoms with Crippen molar-refractivity contribution in [2.24, 2.45) is 0 Å². The van der Waals surface area contributed by atoms with E-state index in [4.69, 9.17) is 0 Å². The lowest BCUT2D eigenvalue weighted by atomic mass is 9.92. The summed E-state index contributed by atoms with van der Waals surface area (Å²) in [4.78, 5) is 24.0. The SMILES string of the molecule is CCC1CC(C(=O)NC(C)(Cc2ccccc2)C(=O)O)NN1. The van der Waals surface area contributed by atoms with Gasteiger partial charge in [0.15, 0.2) is 0 Å². The smallest absolute Gasteiger partial charge is 0.329 e. The average Bonchev–Trinajstić information content (AvgIpc) is 2.97. The first-order chi connectivity index (χ1) is 10.4. The van der Waals surface area contributed by atoms with Crippen molar-refractivity contribution in [3.8, 4) is 0 Å². The zero-order valence-corrected chi connectivity index (χ0v) is 12.9. The topological polar surface area (TPSA) is 90.5 Å². The number of carbonyl (C=O) groups excluding carboxylic acids is 1. The molecule has 3 atom stereocenters. The first-order valence-corrected chi connectivity index (χ1v) is 7.55. The van der Waals surface area contributed by atoms with E-state index < -0.39 is 17.6 Å². The molecule has 6 heteroatoms. The maximum absolute atomic E-state index is 12.3. The molecule has 1 aliphatic heterocycles. The number of amides is 1.